The number of nitrogens with zero attached hydrogens (tertiary/aromatic N) is 5. The summed E-state index contributed by atoms with van der Waals surface area (Å²) in [5.41, 5.74) is 3.14. The summed E-state index contributed by atoms with van der Waals surface area (Å²) in [5.74, 6) is 0.472. The van der Waals surface area contributed by atoms with E-state index in [9.17, 15) is 9.59 Å². The zero-order chi connectivity index (χ0) is 19.8. The number of benzene rings is 1. The molecule has 0 unspecified atom stereocenters. The number of amides is 1. The fraction of sp³-hybridized carbons (Fsp3) is 0.211. The molecular formula is C19H18N6O3. The molecule has 0 fully saturated rings. The van der Waals surface area contributed by atoms with Crippen molar-refractivity contribution in [1.29, 1.82) is 0 Å². The molecule has 0 atom stereocenters. The molecule has 142 valence electrons. The predicted octanol–water partition coefficient (Wildman–Crippen LogP) is 2.13. The fourth-order valence-corrected chi connectivity index (χ4v) is 2.96. The first kappa shape index (κ1) is 17.7. The molecule has 0 saturated carbocycles. The minimum atomic E-state index is -0.404. The van der Waals surface area contributed by atoms with E-state index in [1.54, 1.807) is 17.7 Å². The number of aryl methyl sites for hydroxylation is 2. The van der Waals surface area contributed by atoms with Crippen LogP contribution in [0.4, 0.5) is 5.82 Å². The van der Waals surface area contributed by atoms with Gasteiger partial charge in [0, 0.05) is 6.07 Å². The Balaban J connectivity index is 1.66. The number of carbonyl (C=O) groups is 1. The molecule has 0 spiro atoms. The molecule has 0 bridgehead atoms. The van der Waals surface area contributed by atoms with Crippen LogP contribution in [0.2, 0.25) is 0 Å². The standard InChI is InChI=1S/C19H18N6O3/c1-11-5-4-6-15(13(11)3)25-18-14(8-21-25)19(27)24(10-20-18)9-17(26)22-16-7-12(2)28-23-16/h4-8,10H,9H2,1-3H3,(H,22,23,26). The maximum Gasteiger partial charge on any atom is 0.264 e. The minimum absolute atomic E-state index is 0.192. The third-order valence-corrected chi connectivity index (χ3v) is 4.57. The molecule has 0 radical (unpaired) electrons. The lowest BCUT2D eigenvalue weighted by atomic mass is 10.1. The first-order chi connectivity index (χ1) is 13.4. The maximum absolute atomic E-state index is 12.8. The molecule has 0 aliphatic rings. The number of aromatic nitrogens is 5. The van der Waals surface area contributed by atoms with Gasteiger partial charge < -0.3 is 9.84 Å². The molecule has 1 N–H and O–H groups in total. The van der Waals surface area contributed by atoms with Gasteiger partial charge in [-0.1, -0.05) is 17.3 Å². The van der Waals surface area contributed by atoms with E-state index >= 15 is 0 Å². The van der Waals surface area contributed by atoms with Gasteiger partial charge in [-0.25, -0.2) is 9.67 Å². The van der Waals surface area contributed by atoms with Gasteiger partial charge in [-0.3, -0.25) is 14.2 Å². The molecule has 9 heteroatoms. The quantitative estimate of drug-likeness (QED) is 0.583. The average molecular weight is 378 g/mol. The molecule has 1 aromatic carbocycles. The summed E-state index contributed by atoms with van der Waals surface area (Å²) in [6.45, 7) is 5.54. The van der Waals surface area contributed by atoms with Crippen LogP contribution in [0.15, 0.2) is 46.1 Å². The molecule has 0 aliphatic carbocycles. The van der Waals surface area contributed by atoms with E-state index in [0.29, 0.717) is 22.6 Å². The van der Waals surface area contributed by atoms with E-state index in [1.165, 1.54) is 17.1 Å². The van der Waals surface area contributed by atoms with Gasteiger partial charge in [0.25, 0.3) is 5.56 Å². The van der Waals surface area contributed by atoms with Crippen molar-refractivity contribution in [3.63, 3.8) is 0 Å². The van der Waals surface area contributed by atoms with Crippen LogP contribution < -0.4 is 10.9 Å². The highest BCUT2D eigenvalue weighted by atomic mass is 16.5. The summed E-state index contributed by atoms with van der Waals surface area (Å²) in [7, 11) is 0. The number of hydrogen-bond donors (Lipinski definition) is 1. The average Bonchev–Trinajstić information content (AvgIpc) is 3.26. The number of carbonyl (C=O) groups excluding carboxylic acids is 1. The summed E-state index contributed by atoms with van der Waals surface area (Å²) >= 11 is 0. The monoisotopic (exact) mass is 378 g/mol. The molecule has 0 aliphatic heterocycles. The number of fused-ring (bicyclic) bond motifs is 1. The van der Waals surface area contributed by atoms with E-state index in [-0.39, 0.29) is 12.1 Å². The number of rotatable bonds is 4. The summed E-state index contributed by atoms with van der Waals surface area (Å²) in [6, 6.07) is 7.47. The zero-order valence-electron chi connectivity index (χ0n) is 15.6. The summed E-state index contributed by atoms with van der Waals surface area (Å²) in [6.07, 6.45) is 2.82. The van der Waals surface area contributed by atoms with Crippen molar-refractivity contribution in [2.45, 2.75) is 27.3 Å². The van der Waals surface area contributed by atoms with Gasteiger partial charge in [0.1, 0.15) is 24.0 Å². The third-order valence-electron chi connectivity index (χ3n) is 4.57. The van der Waals surface area contributed by atoms with Crippen molar-refractivity contribution < 1.29 is 9.32 Å². The van der Waals surface area contributed by atoms with Crippen LogP contribution in [-0.4, -0.2) is 30.4 Å². The lowest BCUT2D eigenvalue weighted by Gasteiger charge is -2.09. The van der Waals surface area contributed by atoms with Gasteiger partial charge in [0.2, 0.25) is 5.91 Å². The van der Waals surface area contributed by atoms with Gasteiger partial charge in [-0.2, -0.15) is 5.10 Å². The van der Waals surface area contributed by atoms with E-state index in [4.69, 9.17) is 4.52 Å². The highest BCUT2D eigenvalue weighted by molar-refractivity contribution is 5.89. The van der Waals surface area contributed by atoms with Crippen LogP contribution in [0.25, 0.3) is 16.7 Å². The van der Waals surface area contributed by atoms with Crippen LogP contribution in [0.1, 0.15) is 16.9 Å². The summed E-state index contributed by atoms with van der Waals surface area (Å²) in [5, 5.41) is 11.0. The number of anilines is 1. The van der Waals surface area contributed by atoms with E-state index in [0.717, 1.165) is 16.8 Å². The normalized spacial score (nSPS) is 11.1. The first-order valence-corrected chi connectivity index (χ1v) is 8.67. The van der Waals surface area contributed by atoms with Gasteiger partial charge in [-0.15, -0.1) is 0 Å². The predicted molar refractivity (Wildman–Crippen MR) is 102 cm³/mol. The van der Waals surface area contributed by atoms with Crippen LogP contribution >= 0.6 is 0 Å². The van der Waals surface area contributed by atoms with E-state index in [1.807, 2.05) is 32.0 Å². The Morgan fingerprint density at radius 1 is 1.25 bits per heavy atom. The third kappa shape index (κ3) is 3.07. The topological polar surface area (TPSA) is 108 Å². The van der Waals surface area contributed by atoms with Crippen molar-refractivity contribution >= 4 is 22.8 Å². The lowest BCUT2D eigenvalue weighted by Crippen LogP contribution is -2.28. The molecule has 3 aromatic heterocycles. The Morgan fingerprint density at radius 2 is 2.07 bits per heavy atom. The molecule has 3 heterocycles. The summed E-state index contributed by atoms with van der Waals surface area (Å²) in [4.78, 5) is 29.3. The van der Waals surface area contributed by atoms with Gasteiger partial charge in [0.15, 0.2) is 11.5 Å². The Bertz CT molecular complexity index is 1250. The minimum Gasteiger partial charge on any atom is -0.360 e. The smallest absolute Gasteiger partial charge is 0.264 e. The second-order valence-corrected chi connectivity index (χ2v) is 6.56. The zero-order valence-corrected chi connectivity index (χ0v) is 15.6. The molecule has 9 nitrogen and oxygen atoms in total. The van der Waals surface area contributed by atoms with Crippen molar-refractivity contribution in [2.75, 3.05) is 5.32 Å². The van der Waals surface area contributed by atoms with Crippen molar-refractivity contribution in [3.05, 3.63) is 64.0 Å². The molecule has 1 amide bonds. The van der Waals surface area contributed by atoms with Crippen LogP contribution in [-0.2, 0) is 11.3 Å². The second kappa shape index (κ2) is 6.76. The van der Waals surface area contributed by atoms with Gasteiger partial charge in [-0.05, 0) is 38.0 Å². The van der Waals surface area contributed by atoms with Crippen molar-refractivity contribution in [2.24, 2.45) is 0 Å². The second-order valence-electron chi connectivity index (χ2n) is 6.56. The Kier molecular flexibility index (Phi) is 4.26. The van der Waals surface area contributed by atoms with Crippen molar-refractivity contribution in [1.82, 2.24) is 24.5 Å². The highest BCUT2D eigenvalue weighted by Gasteiger charge is 2.15. The van der Waals surface area contributed by atoms with Crippen LogP contribution in [0.3, 0.4) is 0 Å². The van der Waals surface area contributed by atoms with E-state index in [2.05, 4.69) is 20.6 Å². The van der Waals surface area contributed by atoms with Crippen LogP contribution in [0.5, 0.6) is 0 Å². The molecule has 0 saturated heterocycles. The van der Waals surface area contributed by atoms with E-state index < -0.39 is 5.91 Å². The number of hydrogen-bond acceptors (Lipinski definition) is 6. The molecular weight excluding hydrogens is 360 g/mol. The Morgan fingerprint density at radius 3 is 2.82 bits per heavy atom. The molecule has 4 rings (SSSR count). The largest absolute Gasteiger partial charge is 0.360 e. The fourth-order valence-electron chi connectivity index (χ4n) is 2.96. The van der Waals surface area contributed by atoms with Crippen molar-refractivity contribution in [3.8, 4) is 5.69 Å². The highest BCUT2D eigenvalue weighted by Crippen LogP contribution is 2.20. The maximum atomic E-state index is 12.8. The SMILES string of the molecule is Cc1cc(NC(=O)Cn2cnc3c(cnn3-c3cccc(C)c3C)c2=O)no1. The van der Waals surface area contributed by atoms with Crippen LogP contribution in [0, 0.1) is 20.8 Å². The first-order valence-electron chi connectivity index (χ1n) is 8.67. The Hall–Kier alpha value is -3.75. The molecule has 28 heavy (non-hydrogen) atoms. The Labute approximate surface area is 159 Å². The van der Waals surface area contributed by atoms with Gasteiger partial charge in [0.05, 0.1) is 11.9 Å². The summed E-state index contributed by atoms with van der Waals surface area (Å²) < 4.78 is 7.78. The lowest BCUT2D eigenvalue weighted by molar-refractivity contribution is -0.116. The van der Waals surface area contributed by atoms with Gasteiger partial charge >= 0.3 is 0 Å². The molecule has 4 aromatic rings. The number of nitrogens with one attached hydrogen (secondary N) is 1.